The largest absolute Gasteiger partial charge is 0.493 e. The van der Waals surface area contributed by atoms with E-state index in [0.717, 1.165) is 46.7 Å². The van der Waals surface area contributed by atoms with E-state index in [1.165, 1.54) is 0 Å². The molecule has 0 spiro atoms. The number of ether oxygens (including phenoxy) is 1. The Labute approximate surface area is 198 Å². The van der Waals surface area contributed by atoms with E-state index in [1.54, 1.807) is 13.1 Å². The lowest BCUT2D eigenvalue weighted by molar-refractivity contribution is 0.307. The number of hydrogen-bond acceptors (Lipinski definition) is 7. The normalized spacial score (nSPS) is 11.0. The van der Waals surface area contributed by atoms with Gasteiger partial charge in [-0.3, -0.25) is 0 Å². The predicted octanol–water partition coefficient (Wildman–Crippen LogP) is 5.64. The first-order valence-corrected chi connectivity index (χ1v) is 11.1. The minimum Gasteiger partial charge on any atom is -0.493 e. The minimum absolute atomic E-state index is 0.157. The number of unbranched alkanes of at least 4 members (excludes halogenated alkanes) is 1. The monoisotopic (exact) mass is 454 g/mol. The van der Waals surface area contributed by atoms with Crippen LogP contribution in [0.2, 0.25) is 0 Å². The molecule has 0 amide bonds. The van der Waals surface area contributed by atoms with Gasteiger partial charge in [-0.25, -0.2) is 15.1 Å². The van der Waals surface area contributed by atoms with Gasteiger partial charge in [0.2, 0.25) is 5.69 Å². The first-order chi connectivity index (χ1) is 16.6. The van der Waals surface area contributed by atoms with Gasteiger partial charge in [-0.2, -0.15) is 15.5 Å². The number of nitrogens with zero attached hydrogens (tertiary/aromatic N) is 5. The zero-order chi connectivity index (χ0) is 23.9. The third-order valence-corrected chi connectivity index (χ3v) is 5.18. The van der Waals surface area contributed by atoms with Crippen molar-refractivity contribution in [3.05, 3.63) is 77.4 Å². The summed E-state index contributed by atoms with van der Waals surface area (Å²) in [6.45, 7) is 6.55. The summed E-state index contributed by atoms with van der Waals surface area (Å²) in [4.78, 5) is 4.02. The van der Waals surface area contributed by atoms with Crippen LogP contribution in [0.15, 0.2) is 64.2 Å². The maximum absolute atomic E-state index is 9.20. The van der Waals surface area contributed by atoms with Gasteiger partial charge in [0.25, 0.3) is 5.88 Å². The van der Waals surface area contributed by atoms with Crippen molar-refractivity contribution in [3.8, 4) is 28.8 Å². The van der Waals surface area contributed by atoms with E-state index in [4.69, 9.17) is 14.3 Å². The van der Waals surface area contributed by atoms with E-state index in [1.807, 2.05) is 66.3 Å². The summed E-state index contributed by atoms with van der Waals surface area (Å²) < 4.78 is 13.1. The molecule has 0 saturated heterocycles. The van der Waals surface area contributed by atoms with Gasteiger partial charge in [0.1, 0.15) is 17.5 Å². The summed E-state index contributed by atoms with van der Waals surface area (Å²) >= 11 is 0. The van der Waals surface area contributed by atoms with Gasteiger partial charge in [0.15, 0.2) is 5.89 Å². The highest BCUT2D eigenvalue weighted by molar-refractivity contribution is 5.89. The third kappa shape index (κ3) is 5.15. The standard InChI is InChI=1S/C26H26N6O2/c1-4-5-13-33-24-12-11-20(14-18(24)2)25-21(17-32(31-25)22-9-7-6-8-10-22)16-28-30-26-23(15-27)29-19(3)34-26/h6-12,14,16-17,30H,4-5,13H2,1-3H3/b28-16+. The summed E-state index contributed by atoms with van der Waals surface area (Å²) in [7, 11) is 0. The van der Waals surface area contributed by atoms with Crippen LogP contribution in [0.4, 0.5) is 5.88 Å². The predicted molar refractivity (Wildman–Crippen MR) is 131 cm³/mol. The fourth-order valence-corrected chi connectivity index (χ4v) is 3.44. The second kappa shape index (κ2) is 10.5. The maximum Gasteiger partial charge on any atom is 0.252 e. The van der Waals surface area contributed by atoms with E-state index >= 15 is 0 Å². The number of rotatable bonds is 9. The SMILES string of the molecule is CCCCOc1ccc(-c2nn(-c3ccccc3)cc2/C=N/Nc2oc(C)nc2C#N)cc1C. The Balaban J connectivity index is 1.66. The molecule has 8 heteroatoms. The van der Waals surface area contributed by atoms with Crippen LogP contribution in [-0.2, 0) is 0 Å². The van der Waals surface area contributed by atoms with E-state index in [2.05, 4.69) is 28.5 Å². The van der Waals surface area contributed by atoms with Crippen molar-refractivity contribution >= 4 is 12.1 Å². The number of hydrogen-bond donors (Lipinski definition) is 1. The smallest absolute Gasteiger partial charge is 0.252 e. The van der Waals surface area contributed by atoms with Crippen LogP contribution in [0.1, 0.15) is 42.5 Å². The average Bonchev–Trinajstić information content (AvgIpc) is 3.44. The summed E-state index contributed by atoms with van der Waals surface area (Å²) in [5.41, 5.74) is 7.42. The maximum atomic E-state index is 9.20. The van der Waals surface area contributed by atoms with Gasteiger partial charge in [-0.05, 0) is 49.2 Å². The van der Waals surface area contributed by atoms with Crippen molar-refractivity contribution in [2.24, 2.45) is 5.10 Å². The highest BCUT2D eigenvalue weighted by Gasteiger charge is 2.14. The molecule has 0 fully saturated rings. The van der Waals surface area contributed by atoms with Crippen LogP contribution < -0.4 is 10.2 Å². The van der Waals surface area contributed by atoms with E-state index in [9.17, 15) is 5.26 Å². The summed E-state index contributed by atoms with van der Waals surface area (Å²) in [6.07, 6.45) is 5.68. The lowest BCUT2D eigenvalue weighted by atomic mass is 10.1. The summed E-state index contributed by atoms with van der Waals surface area (Å²) in [5.74, 6) is 1.47. The first kappa shape index (κ1) is 22.8. The first-order valence-electron chi connectivity index (χ1n) is 11.1. The molecule has 0 radical (unpaired) electrons. The number of benzene rings is 2. The molecule has 8 nitrogen and oxygen atoms in total. The second-order valence-electron chi connectivity index (χ2n) is 7.79. The van der Waals surface area contributed by atoms with Crippen molar-refractivity contribution < 1.29 is 9.15 Å². The molecule has 172 valence electrons. The van der Waals surface area contributed by atoms with Crippen molar-refractivity contribution in [2.75, 3.05) is 12.0 Å². The zero-order valence-electron chi connectivity index (χ0n) is 19.4. The number of oxazole rings is 1. The molecule has 4 aromatic rings. The number of aromatic nitrogens is 3. The zero-order valence-corrected chi connectivity index (χ0v) is 19.4. The number of anilines is 1. The summed E-state index contributed by atoms with van der Waals surface area (Å²) in [6, 6.07) is 17.9. The molecule has 2 aromatic carbocycles. The van der Waals surface area contributed by atoms with Crippen molar-refractivity contribution in [3.63, 3.8) is 0 Å². The highest BCUT2D eigenvalue weighted by atomic mass is 16.5. The molecule has 0 atom stereocenters. The van der Waals surface area contributed by atoms with Crippen LogP contribution in [0.3, 0.4) is 0 Å². The Morgan fingerprint density at radius 3 is 2.76 bits per heavy atom. The molecule has 34 heavy (non-hydrogen) atoms. The Morgan fingerprint density at radius 2 is 2.03 bits per heavy atom. The van der Waals surface area contributed by atoms with Gasteiger partial charge >= 0.3 is 0 Å². The van der Waals surface area contributed by atoms with Crippen LogP contribution in [0.5, 0.6) is 5.75 Å². The highest BCUT2D eigenvalue weighted by Crippen LogP contribution is 2.28. The van der Waals surface area contributed by atoms with E-state index in [-0.39, 0.29) is 11.6 Å². The number of aryl methyl sites for hydroxylation is 2. The van der Waals surface area contributed by atoms with Crippen molar-refractivity contribution in [1.29, 1.82) is 5.26 Å². The van der Waals surface area contributed by atoms with Crippen molar-refractivity contribution in [2.45, 2.75) is 33.6 Å². The Kier molecular flexibility index (Phi) is 7.04. The van der Waals surface area contributed by atoms with E-state index in [0.29, 0.717) is 12.5 Å². The average molecular weight is 455 g/mol. The molecule has 0 saturated carbocycles. The van der Waals surface area contributed by atoms with Gasteiger partial charge in [-0.15, -0.1) is 0 Å². The molecule has 1 N–H and O–H groups in total. The molecule has 2 heterocycles. The van der Waals surface area contributed by atoms with Gasteiger partial charge in [0.05, 0.1) is 18.5 Å². The quantitative estimate of drug-likeness (QED) is 0.199. The molecule has 0 aliphatic rings. The molecule has 0 aliphatic heterocycles. The minimum atomic E-state index is 0.157. The number of nitrogens with one attached hydrogen (secondary N) is 1. The molecular weight excluding hydrogens is 428 g/mol. The topological polar surface area (TPSA) is 101 Å². The molecule has 0 bridgehead atoms. The lowest BCUT2D eigenvalue weighted by Crippen LogP contribution is -1.98. The van der Waals surface area contributed by atoms with Crippen LogP contribution in [0, 0.1) is 25.2 Å². The molecule has 0 aliphatic carbocycles. The fraction of sp³-hybridized carbons (Fsp3) is 0.231. The summed E-state index contributed by atoms with van der Waals surface area (Å²) in [5, 5.41) is 18.3. The Hall–Kier alpha value is -4.38. The van der Waals surface area contributed by atoms with Crippen LogP contribution >= 0.6 is 0 Å². The van der Waals surface area contributed by atoms with Gasteiger partial charge in [-0.1, -0.05) is 31.5 Å². The van der Waals surface area contributed by atoms with Gasteiger partial charge in [0, 0.05) is 24.2 Å². The third-order valence-electron chi connectivity index (χ3n) is 5.18. The molecule has 4 rings (SSSR count). The van der Waals surface area contributed by atoms with Crippen molar-refractivity contribution in [1.82, 2.24) is 14.8 Å². The Morgan fingerprint density at radius 1 is 1.21 bits per heavy atom. The second-order valence-corrected chi connectivity index (χ2v) is 7.79. The van der Waals surface area contributed by atoms with Crippen LogP contribution in [-0.4, -0.2) is 27.6 Å². The fourth-order valence-electron chi connectivity index (χ4n) is 3.44. The number of para-hydroxylation sites is 1. The molecule has 0 unspecified atom stereocenters. The van der Waals surface area contributed by atoms with Gasteiger partial charge < -0.3 is 9.15 Å². The van der Waals surface area contributed by atoms with E-state index < -0.39 is 0 Å². The number of hydrazone groups is 1. The molecular formula is C26H26N6O2. The molecule has 2 aromatic heterocycles. The van der Waals surface area contributed by atoms with Crippen LogP contribution in [0.25, 0.3) is 16.9 Å². The Bertz CT molecular complexity index is 1330. The number of nitriles is 1. The lowest BCUT2D eigenvalue weighted by Gasteiger charge is -2.10.